The van der Waals surface area contributed by atoms with Crippen LogP contribution in [0.2, 0.25) is 0 Å². The van der Waals surface area contributed by atoms with Crippen LogP contribution in [0.4, 0.5) is 0 Å². The summed E-state index contributed by atoms with van der Waals surface area (Å²) in [6.45, 7) is 2.18. The van der Waals surface area contributed by atoms with Gasteiger partial charge >= 0.3 is 0 Å². The maximum atomic E-state index is 5.12. The first-order chi connectivity index (χ1) is 10.2. The van der Waals surface area contributed by atoms with Gasteiger partial charge in [0.25, 0.3) is 0 Å². The maximum absolute atomic E-state index is 5.12. The molecule has 2 saturated heterocycles. The van der Waals surface area contributed by atoms with Gasteiger partial charge in [-0.1, -0.05) is 24.2 Å². The van der Waals surface area contributed by atoms with Crippen molar-refractivity contribution in [1.82, 2.24) is 5.32 Å². The van der Waals surface area contributed by atoms with Crippen LogP contribution >= 0.6 is 22.6 Å². The molecule has 4 heteroatoms. The Balaban J connectivity index is 1.95. The Labute approximate surface area is 140 Å². The molecule has 114 valence electrons. The second-order valence-corrected chi connectivity index (χ2v) is 7.33. The first-order valence-corrected chi connectivity index (χ1v) is 8.92. The lowest BCUT2D eigenvalue weighted by molar-refractivity contribution is 0.204. The third kappa shape index (κ3) is 3.11. The standard InChI is InChI=1S/C17H23IN2O/c1-3-15(20-21-2)17-14(10-13-8-9-16(17)19-13)11-4-6-12(18)7-5-11/h4-7,13-14,16-17,19H,3,8-10H2,1-2H3/t13?,14-,16+,17+/m0/s1. The molecule has 1 aromatic carbocycles. The van der Waals surface area contributed by atoms with Crippen LogP contribution in [0.3, 0.4) is 0 Å². The normalized spacial score (nSPS) is 32.2. The summed E-state index contributed by atoms with van der Waals surface area (Å²) in [6, 6.07) is 10.3. The fourth-order valence-corrected chi connectivity index (χ4v) is 4.41. The predicted molar refractivity (Wildman–Crippen MR) is 94.7 cm³/mol. The lowest BCUT2D eigenvalue weighted by Gasteiger charge is -2.38. The Morgan fingerprint density at radius 2 is 2.10 bits per heavy atom. The van der Waals surface area contributed by atoms with E-state index in [-0.39, 0.29) is 0 Å². The van der Waals surface area contributed by atoms with E-state index in [1.54, 1.807) is 7.11 Å². The minimum Gasteiger partial charge on any atom is -0.399 e. The van der Waals surface area contributed by atoms with Crippen LogP contribution in [-0.4, -0.2) is 24.9 Å². The monoisotopic (exact) mass is 398 g/mol. The smallest absolute Gasteiger partial charge is 0.106 e. The number of nitrogens with one attached hydrogen (secondary N) is 1. The molecule has 0 aromatic heterocycles. The summed E-state index contributed by atoms with van der Waals surface area (Å²) in [5, 5.41) is 8.14. The van der Waals surface area contributed by atoms with Crippen molar-refractivity contribution < 1.29 is 4.84 Å². The first kappa shape index (κ1) is 15.3. The highest BCUT2D eigenvalue weighted by Crippen LogP contribution is 2.43. The molecule has 21 heavy (non-hydrogen) atoms. The minimum atomic E-state index is 0.466. The highest BCUT2D eigenvalue weighted by Gasteiger charge is 2.44. The molecule has 0 spiro atoms. The molecular formula is C17H23IN2O. The molecule has 1 N–H and O–H groups in total. The van der Waals surface area contributed by atoms with E-state index in [0.717, 1.165) is 6.42 Å². The van der Waals surface area contributed by atoms with Gasteiger partial charge in [-0.05, 0) is 71.9 Å². The number of benzene rings is 1. The molecule has 4 atom stereocenters. The van der Waals surface area contributed by atoms with Gasteiger partial charge in [-0.2, -0.15) is 0 Å². The fraction of sp³-hybridized carbons (Fsp3) is 0.588. The third-order valence-electron chi connectivity index (χ3n) is 4.94. The average molecular weight is 398 g/mol. The number of rotatable bonds is 4. The van der Waals surface area contributed by atoms with Gasteiger partial charge < -0.3 is 10.2 Å². The Kier molecular flexibility index (Phi) is 4.84. The van der Waals surface area contributed by atoms with Crippen LogP contribution in [0.15, 0.2) is 29.4 Å². The molecule has 2 aliphatic rings. The minimum absolute atomic E-state index is 0.466. The summed E-state index contributed by atoms with van der Waals surface area (Å²) in [7, 11) is 1.66. The zero-order chi connectivity index (χ0) is 14.8. The van der Waals surface area contributed by atoms with Crippen LogP contribution in [0.5, 0.6) is 0 Å². The molecule has 2 bridgehead atoms. The van der Waals surface area contributed by atoms with E-state index in [9.17, 15) is 0 Å². The van der Waals surface area contributed by atoms with E-state index in [4.69, 9.17) is 4.84 Å². The van der Waals surface area contributed by atoms with Gasteiger partial charge in [-0.25, -0.2) is 0 Å². The van der Waals surface area contributed by atoms with Gasteiger partial charge in [0.2, 0.25) is 0 Å². The van der Waals surface area contributed by atoms with Gasteiger partial charge in [0.05, 0.1) is 5.71 Å². The molecule has 3 rings (SSSR count). The molecule has 2 heterocycles. The summed E-state index contributed by atoms with van der Waals surface area (Å²) < 4.78 is 1.30. The molecule has 1 aromatic rings. The largest absolute Gasteiger partial charge is 0.399 e. The zero-order valence-electron chi connectivity index (χ0n) is 12.7. The predicted octanol–water partition coefficient (Wildman–Crippen LogP) is 3.93. The topological polar surface area (TPSA) is 33.6 Å². The number of nitrogens with zero attached hydrogens (tertiary/aromatic N) is 1. The summed E-state index contributed by atoms with van der Waals surface area (Å²) in [6.07, 6.45) is 4.73. The molecule has 1 unspecified atom stereocenters. The van der Waals surface area contributed by atoms with E-state index in [1.807, 2.05) is 0 Å². The number of halogens is 1. The number of oxime groups is 1. The molecule has 0 saturated carbocycles. The van der Waals surface area contributed by atoms with Crippen molar-refractivity contribution in [1.29, 1.82) is 0 Å². The van der Waals surface area contributed by atoms with Gasteiger partial charge in [-0.3, -0.25) is 0 Å². The average Bonchev–Trinajstić information content (AvgIpc) is 2.88. The summed E-state index contributed by atoms with van der Waals surface area (Å²) in [5.41, 5.74) is 2.66. The Bertz CT molecular complexity index is 514. The van der Waals surface area contributed by atoms with Gasteiger partial charge in [-0.15, -0.1) is 0 Å². The van der Waals surface area contributed by atoms with Crippen molar-refractivity contribution in [3.63, 3.8) is 0 Å². The van der Waals surface area contributed by atoms with Gasteiger partial charge in [0, 0.05) is 21.6 Å². The van der Waals surface area contributed by atoms with E-state index in [0.29, 0.717) is 23.9 Å². The van der Waals surface area contributed by atoms with Gasteiger partial charge in [0.1, 0.15) is 7.11 Å². The number of fused-ring (bicyclic) bond motifs is 2. The number of hydrogen-bond acceptors (Lipinski definition) is 3. The van der Waals surface area contributed by atoms with Crippen molar-refractivity contribution in [2.24, 2.45) is 11.1 Å². The maximum Gasteiger partial charge on any atom is 0.106 e. The molecular weight excluding hydrogens is 375 g/mol. The van der Waals surface area contributed by atoms with Crippen molar-refractivity contribution >= 4 is 28.3 Å². The molecule has 2 fully saturated rings. The zero-order valence-corrected chi connectivity index (χ0v) is 14.8. The van der Waals surface area contributed by atoms with Crippen LogP contribution < -0.4 is 5.32 Å². The molecule has 2 aliphatic heterocycles. The first-order valence-electron chi connectivity index (χ1n) is 7.84. The lowest BCUT2D eigenvalue weighted by Crippen LogP contribution is -2.47. The number of hydrogen-bond donors (Lipinski definition) is 1. The third-order valence-corrected chi connectivity index (χ3v) is 5.65. The van der Waals surface area contributed by atoms with E-state index >= 15 is 0 Å². The summed E-state index contributed by atoms with van der Waals surface area (Å²) >= 11 is 2.37. The fourth-order valence-electron chi connectivity index (χ4n) is 4.05. The number of piperidine rings is 1. The van der Waals surface area contributed by atoms with E-state index in [2.05, 4.69) is 64.3 Å². The molecule has 0 aliphatic carbocycles. The van der Waals surface area contributed by atoms with Crippen LogP contribution in [-0.2, 0) is 4.84 Å². The van der Waals surface area contributed by atoms with Crippen molar-refractivity contribution in [2.45, 2.75) is 50.6 Å². The van der Waals surface area contributed by atoms with E-state index < -0.39 is 0 Å². The highest BCUT2D eigenvalue weighted by molar-refractivity contribution is 14.1. The lowest BCUT2D eigenvalue weighted by atomic mass is 9.74. The SMILES string of the molecule is CCC(=NOC)[C@@H]1[C@H]2CCC(C[C@H]1c1ccc(I)cc1)N2. The van der Waals surface area contributed by atoms with Crippen LogP contribution in [0, 0.1) is 9.49 Å². The second kappa shape index (κ2) is 6.65. The Hall–Kier alpha value is -0.620. The summed E-state index contributed by atoms with van der Waals surface area (Å²) in [5.74, 6) is 1.03. The van der Waals surface area contributed by atoms with Crippen molar-refractivity contribution in [3.8, 4) is 0 Å². The Morgan fingerprint density at radius 3 is 2.76 bits per heavy atom. The van der Waals surface area contributed by atoms with Crippen LogP contribution in [0.25, 0.3) is 0 Å². The quantitative estimate of drug-likeness (QED) is 0.474. The van der Waals surface area contributed by atoms with Crippen LogP contribution in [0.1, 0.15) is 44.1 Å². The Morgan fingerprint density at radius 1 is 1.33 bits per heavy atom. The molecule has 0 amide bonds. The van der Waals surface area contributed by atoms with Gasteiger partial charge in [0.15, 0.2) is 0 Å². The van der Waals surface area contributed by atoms with Crippen molar-refractivity contribution in [3.05, 3.63) is 33.4 Å². The summed E-state index contributed by atoms with van der Waals surface area (Å²) in [4.78, 5) is 5.12. The van der Waals surface area contributed by atoms with E-state index in [1.165, 1.54) is 34.1 Å². The highest BCUT2D eigenvalue weighted by atomic mass is 127. The second-order valence-electron chi connectivity index (χ2n) is 6.09. The molecule has 0 radical (unpaired) electrons. The molecule has 3 nitrogen and oxygen atoms in total. The van der Waals surface area contributed by atoms with Crippen molar-refractivity contribution in [2.75, 3.05) is 7.11 Å².